The van der Waals surface area contributed by atoms with Crippen molar-refractivity contribution in [3.05, 3.63) is 35.9 Å². The van der Waals surface area contributed by atoms with Crippen LogP contribution in [0.4, 0.5) is 0 Å². The maximum Gasteiger partial charge on any atom is 0.193 e. The van der Waals surface area contributed by atoms with Crippen LogP contribution in [-0.2, 0) is 14.6 Å². The van der Waals surface area contributed by atoms with Gasteiger partial charge < -0.3 is 15.0 Å². The number of sulfone groups is 1. The predicted octanol–water partition coefficient (Wildman–Crippen LogP) is 1.76. The molecule has 0 saturated carbocycles. The van der Waals surface area contributed by atoms with Gasteiger partial charge in [-0.15, -0.1) is 24.0 Å². The second kappa shape index (κ2) is 10.4. The van der Waals surface area contributed by atoms with Crippen molar-refractivity contribution in [2.75, 3.05) is 58.7 Å². The molecule has 29 heavy (non-hydrogen) atoms. The van der Waals surface area contributed by atoms with Crippen LogP contribution in [0.3, 0.4) is 0 Å². The Morgan fingerprint density at radius 3 is 2.45 bits per heavy atom. The third kappa shape index (κ3) is 5.83. The summed E-state index contributed by atoms with van der Waals surface area (Å²) in [6.07, 6.45) is 0. The molecule has 0 aromatic heterocycles. The van der Waals surface area contributed by atoms with Gasteiger partial charge in [-0.3, -0.25) is 9.89 Å². The number of hydrogen-bond acceptors (Lipinski definition) is 5. The number of rotatable bonds is 4. The summed E-state index contributed by atoms with van der Waals surface area (Å²) < 4.78 is 29.4. The van der Waals surface area contributed by atoms with Gasteiger partial charge in [0.15, 0.2) is 15.8 Å². The van der Waals surface area contributed by atoms with E-state index in [1.54, 1.807) is 20.9 Å². The Balaban J connectivity index is 0.00000300. The SMILES string of the molecule is CN=C(NCC(c1ccccc1)N1CCOCC1)N1CCS(=O)(=O)C(C)(C)C1.I. The highest BCUT2D eigenvalue weighted by Crippen LogP contribution is 2.24. The summed E-state index contributed by atoms with van der Waals surface area (Å²) in [5.74, 6) is 0.920. The second-order valence-electron chi connectivity index (χ2n) is 8.00. The summed E-state index contributed by atoms with van der Waals surface area (Å²) in [5, 5.41) is 3.50. The van der Waals surface area contributed by atoms with E-state index in [0.29, 0.717) is 19.6 Å². The molecule has 0 amide bonds. The Labute approximate surface area is 191 Å². The molecule has 0 aliphatic carbocycles. The monoisotopic (exact) mass is 536 g/mol. The topological polar surface area (TPSA) is 74.2 Å². The van der Waals surface area contributed by atoms with Crippen LogP contribution in [0, 0.1) is 0 Å². The molecule has 1 aromatic carbocycles. The van der Waals surface area contributed by atoms with Crippen molar-refractivity contribution in [3.8, 4) is 0 Å². The lowest BCUT2D eigenvalue weighted by molar-refractivity contribution is 0.0169. The molecule has 2 saturated heterocycles. The van der Waals surface area contributed by atoms with Crippen molar-refractivity contribution in [2.24, 2.45) is 4.99 Å². The fourth-order valence-corrected chi connectivity index (χ4v) is 5.23. The van der Waals surface area contributed by atoms with E-state index >= 15 is 0 Å². The lowest BCUT2D eigenvalue weighted by atomic mass is 10.0. The van der Waals surface area contributed by atoms with E-state index in [1.165, 1.54) is 5.56 Å². The van der Waals surface area contributed by atoms with Gasteiger partial charge in [0, 0.05) is 39.8 Å². The molecular weight excluding hydrogens is 503 g/mol. The van der Waals surface area contributed by atoms with Gasteiger partial charge in [-0.1, -0.05) is 30.3 Å². The van der Waals surface area contributed by atoms with E-state index in [4.69, 9.17) is 4.74 Å². The number of nitrogens with one attached hydrogen (secondary N) is 1. The van der Waals surface area contributed by atoms with Crippen LogP contribution in [0.15, 0.2) is 35.3 Å². The van der Waals surface area contributed by atoms with Crippen molar-refractivity contribution in [1.82, 2.24) is 15.1 Å². The van der Waals surface area contributed by atoms with Crippen LogP contribution >= 0.6 is 24.0 Å². The summed E-state index contributed by atoms with van der Waals surface area (Å²) >= 11 is 0. The number of ether oxygens (including phenoxy) is 1. The zero-order chi connectivity index (χ0) is 20.2. The van der Waals surface area contributed by atoms with Crippen molar-refractivity contribution in [2.45, 2.75) is 24.6 Å². The summed E-state index contributed by atoms with van der Waals surface area (Å²) in [4.78, 5) is 8.92. The maximum atomic E-state index is 12.3. The molecule has 1 atom stereocenters. The number of morpholine rings is 1. The lowest BCUT2D eigenvalue weighted by Crippen LogP contribution is -2.58. The molecule has 9 heteroatoms. The van der Waals surface area contributed by atoms with Crippen molar-refractivity contribution in [1.29, 1.82) is 0 Å². The highest BCUT2D eigenvalue weighted by Gasteiger charge is 2.41. The van der Waals surface area contributed by atoms with Gasteiger partial charge >= 0.3 is 0 Å². The Morgan fingerprint density at radius 2 is 1.86 bits per heavy atom. The normalized spacial score (nSPS) is 23.1. The fourth-order valence-electron chi connectivity index (χ4n) is 3.87. The van der Waals surface area contributed by atoms with E-state index in [2.05, 4.69) is 44.4 Å². The van der Waals surface area contributed by atoms with Gasteiger partial charge in [0.1, 0.15) is 0 Å². The minimum atomic E-state index is -3.07. The first-order valence-corrected chi connectivity index (χ1v) is 11.5. The maximum absolute atomic E-state index is 12.3. The standard InChI is InChI=1S/C20H32N4O3S.HI/c1-20(2)16-24(11-14-28(20,25)26)19(21-3)22-15-18(17-7-5-4-6-8-17)23-9-12-27-13-10-23;/h4-8,18H,9-16H2,1-3H3,(H,21,22);1H. The van der Waals surface area contributed by atoms with E-state index < -0.39 is 14.6 Å². The van der Waals surface area contributed by atoms with Gasteiger partial charge in [-0.05, 0) is 19.4 Å². The van der Waals surface area contributed by atoms with Crippen molar-refractivity contribution >= 4 is 39.8 Å². The zero-order valence-electron chi connectivity index (χ0n) is 17.5. The van der Waals surface area contributed by atoms with E-state index in [-0.39, 0.29) is 35.8 Å². The first-order chi connectivity index (χ1) is 13.3. The summed E-state index contributed by atoms with van der Waals surface area (Å²) in [5.41, 5.74) is 1.26. The van der Waals surface area contributed by atoms with E-state index in [0.717, 1.165) is 32.3 Å². The zero-order valence-corrected chi connectivity index (χ0v) is 20.7. The molecule has 7 nitrogen and oxygen atoms in total. The Bertz CT molecular complexity index is 780. The van der Waals surface area contributed by atoms with Crippen LogP contribution < -0.4 is 5.32 Å². The largest absolute Gasteiger partial charge is 0.379 e. The van der Waals surface area contributed by atoms with Crippen LogP contribution in [0.2, 0.25) is 0 Å². The van der Waals surface area contributed by atoms with Crippen LogP contribution in [-0.4, -0.2) is 87.7 Å². The molecule has 1 aromatic rings. The lowest BCUT2D eigenvalue weighted by Gasteiger charge is -2.40. The Hall–Kier alpha value is -0.910. The molecule has 1 N–H and O–H groups in total. The number of guanidine groups is 1. The number of aliphatic imine (C=N–C) groups is 1. The average molecular weight is 536 g/mol. The molecule has 2 fully saturated rings. The molecule has 2 aliphatic rings. The van der Waals surface area contributed by atoms with Gasteiger partial charge in [0.2, 0.25) is 0 Å². The molecule has 0 radical (unpaired) electrons. The molecule has 2 aliphatic heterocycles. The Morgan fingerprint density at radius 1 is 1.21 bits per heavy atom. The summed E-state index contributed by atoms with van der Waals surface area (Å²) in [6, 6.07) is 10.7. The Kier molecular flexibility index (Phi) is 8.74. The van der Waals surface area contributed by atoms with E-state index in [9.17, 15) is 8.42 Å². The van der Waals surface area contributed by atoms with Crippen molar-refractivity contribution in [3.63, 3.8) is 0 Å². The van der Waals surface area contributed by atoms with Crippen LogP contribution in [0.25, 0.3) is 0 Å². The van der Waals surface area contributed by atoms with Gasteiger partial charge in [0.05, 0.1) is 29.8 Å². The van der Waals surface area contributed by atoms with Crippen LogP contribution in [0.1, 0.15) is 25.5 Å². The highest BCUT2D eigenvalue weighted by atomic mass is 127. The highest BCUT2D eigenvalue weighted by molar-refractivity contribution is 14.0. The smallest absolute Gasteiger partial charge is 0.193 e. The number of halogens is 1. The fraction of sp³-hybridized carbons (Fsp3) is 0.650. The molecule has 0 bridgehead atoms. The molecule has 0 spiro atoms. The number of nitrogens with zero attached hydrogens (tertiary/aromatic N) is 3. The number of benzene rings is 1. The van der Waals surface area contributed by atoms with Gasteiger partial charge in [-0.2, -0.15) is 0 Å². The van der Waals surface area contributed by atoms with E-state index in [1.807, 2.05) is 6.07 Å². The third-order valence-electron chi connectivity index (χ3n) is 5.68. The number of hydrogen-bond donors (Lipinski definition) is 1. The average Bonchev–Trinajstić information content (AvgIpc) is 2.69. The quantitative estimate of drug-likeness (QED) is 0.359. The third-order valence-corrected chi connectivity index (χ3v) is 8.21. The van der Waals surface area contributed by atoms with Crippen LogP contribution in [0.5, 0.6) is 0 Å². The molecule has 1 unspecified atom stereocenters. The second-order valence-corrected chi connectivity index (χ2v) is 10.7. The molecule has 3 rings (SSSR count). The summed E-state index contributed by atoms with van der Waals surface area (Å²) in [7, 11) is -1.32. The minimum absolute atomic E-state index is 0. The van der Waals surface area contributed by atoms with Crippen molar-refractivity contribution < 1.29 is 13.2 Å². The summed E-state index contributed by atoms with van der Waals surface area (Å²) in [6.45, 7) is 8.50. The first-order valence-electron chi connectivity index (χ1n) is 9.89. The van der Waals surface area contributed by atoms with Gasteiger partial charge in [-0.25, -0.2) is 8.42 Å². The minimum Gasteiger partial charge on any atom is -0.379 e. The van der Waals surface area contributed by atoms with Gasteiger partial charge in [0.25, 0.3) is 0 Å². The first kappa shape index (κ1) is 24.4. The molecular formula is C20H33IN4O3S. The molecule has 2 heterocycles. The predicted molar refractivity (Wildman–Crippen MR) is 128 cm³/mol. The molecule has 164 valence electrons.